The number of carbonyl (C=O) groups excluding carboxylic acids is 2. The second-order valence-electron chi connectivity index (χ2n) is 9.37. The van der Waals surface area contributed by atoms with Crippen molar-refractivity contribution in [2.45, 2.75) is 57.2 Å². The van der Waals surface area contributed by atoms with Crippen molar-refractivity contribution in [1.29, 1.82) is 0 Å². The predicted octanol–water partition coefficient (Wildman–Crippen LogP) is 5.08. The monoisotopic (exact) mass is 488 g/mol. The minimum absolute atomic E-state index is 0.0756. The molecule has 0 spiro atoms. The zero-order valence-corrected chi connectivity index (χ0v) is 20.7. The molecule has 0 heterocycles. The van der Waals surface area contributed by atoms with Crippen LogP contribution in [0, 0.1) is 5.82 Å². The van der Waals surface area contributed by atoms with Crippen LogP contribution >= 0.6 is 0 Å². The Balaban J connectivity index is 1.66. The smallest absolute Gasteiger partial charge is 0.243 e. The highest BCUT2D eigenvalue weighted by Crippen LogP contribution is 2.22. The Hall–Kier alpha value is -3.67. The van der Waals surface area contributed by atoms with E-state index in [1.54, 1.807) is 24.1 Å². The van der Waals surface area contributed by atoms with Crippen molar-refractivity contribution in [2.75, 3.05) is 7.11 Å². The lowest BCUT2D eigenvalue weighted by molar-refractivity contribution is -0.141. The first-order valence-electron chi connectivity index (χ1n) is 12.5. The molecular formula is C30H33FN2O3. The number of hydrogen-bond acceptors (Lipinski definition) is 3. The van der Waals surface area contributed by atoms with Gasteiger partial charge in [-0.2, -0.15) is 0 Å². The normalized spacial score (nSPS) is 14.3. The first-order chi connectivity index (χ1) is 17.5. The molecule has 0 saturated heterocycles. The lowest BCUT2D eigenvalue weighted by Gasteiger charge is -2.32. The van der Waals surface area contributed by atoms with Gasteiger partial charge in [-0.15, -0.1) is 0 Å². The van der Waals surface area contributed by atoms with Gasteiger partial charge in [-0.25, -0.2) is 4.39 Å². The molecule has 1 unspecified atom stereocenters. The fourth-order valence-corrected chi connectivity index (χ4v) is 4.77. The van der Waals surface area contributed by atoms with Gasteiger partial charge in [0.25, 0.3) is 0 Å². The summed E-state index contributed by atoms with van der Waals surface area (Å²) in [4.78, 5) is 29.1. The Bertz CT molecular complexity index is 1140. The van der Waals surface area contributed by atoms with E-state index in [-0.39, 0.29) is 36.6 Å². The molecule has 1 fully saturated rings. The molecule has 36 heavy (non-hydrogen) atoms. The molecule has 1 atom stereocenters. The van der Waals surface area contributed by atoms with Crippen molar-refractivity contribution in [2.24, 2.45) is 0 Å². The zero-order valence-electron chi connectivity index (χ0n) is 20.7. The lowest BCUT2D eigenvalue weighted by atomic mass is 10.0. The van der Waals surface area contributed by atoms with Crippen LogP contribution in [0.5, 0.6) is 5.75 Å². The number of rotatable bonds is 10. The van der Waals surface area contributed by atoms with E-state index in [4.69, 9.17) is 4.74 Å². The molecular weight excluding hydrogens is 455 g/mol. The van der Waals surface area contributed by atoms with Crippen molar-refractivity contribution in [1.82, 2.24) is 10.2 Å². The summed E-state index contributed by atoms with van der Waals surface area (Å²) in [5.74, 6) is 0.0128. The summed E-state index contributed by atoms with van der Waals surface area (Å²) in [7, 11) is 1.60. The first kappa shape index (κ1) is 25.4. The standard InChI is InChI=1S/C30H33FN2O3/c1-36-27-13-7-10-24(18-27)21-33(29(34)20-23-14-16-25(31)17-15-23)28(19-22-8-3-2-4-9-22)30(35)32-26-11-5-6-12-26/h2-4,7-10,13-18,26,28H,5-6,11-12,19-21H2,1H3,(H,32,35). The summed E-state index contributed by atoms with van der Waals surface area (Å²) >= 11 is 0. The molecule has 188 valence electrons. The molecule has 1 aliphatic rings. The van der Waals surface area contributed by atoms with Crippen LogP contribution in [0.15, 0.2) is 78.9 Å². The quantitative estimate of drug-likeness (QED) is 0.433. The van der Waals surface area contributed by atoms with Crippen molar-refractivity contribution < 1.29 is 18.7 Å². The van der Waals surface area contributed by atoms with Crippen molar-refractivity contribution in [3.63, 3.8) is 0 Å². The molecule has 1 N–H and O–H groups in total. The summed E-state index contributed by atoms with van der Waals surface area (Å²) in [6.45, 7) is 0.257. The summed E-state index contributed by atoms with van der Waals surface area (Å²) < 4.78 is 18.8. The number of ether oxygens (including phenoxy) is 1. The zero-order chi connectivity index (χ0) is 25.3. The third kappa shape index (κ3) is 6.94. The van der Waals surface area contributed by atoms with Crippen LogP contribution in [0.1, 0.15) is 42.4 Å². The third-order valence-electron chi connectivity index (χ3n) is 6.73. The van der Waals surface area contributed by atoms with Gasteiger partial charge in [-0.3, -0.25) is 9.59 Å². The largest absolute Gasteiger partial charge is 0.497 e. The van der Waals surface area contributed by atoms with E-state index >= 15 is 0 Å². The predicted molar refractivity (Wildman–Crippen MR) is 138 cm³/mol. The summed E-state index contributed by atoms with van der Waals surface area (Å²) in [6.07, 6.45) is 4.60. The number of hydrogen-bond donors (Lipinski definition) is 1. The Morgan fingerprint density at radius 1 is 0.944 bits per heavy atom. The highest BCUT2D eigenvalue weighted by atomic mass is 19.1. The van der Waals surface area contributed by atoms with Gasteiger partial charge < -0.3 is 15.0 Å². The van der Waals surface area contributed by atoms with Crippen molar-refractivity contribution >= 4 is 11.8 Å². The van der Waals surface area contributed by atoms with E-state index in [0.717, 1.165) is 36.8 Å². The second-order valence-corrected chi connectivity index (χ2v) is 9.37. The molecule has 1 aliphatic carbocycles. The number of amides is 2. The van der Waals surface area contributed by atoms with E-state index in [9.17, 15) is 14.0 Å². The molecule has 5 nitrogen and oxygen atoms in total. The molecule has 0 aromatic heterocycles. The van der Waals surface area contributed by atoms with Crippen LogP contribution in [0.4, 0.5) is 4.39 Å². The van der Waals surface area contributed by atoms with E-state index in [1.165, 1.54) is 12.1 Å². The fraction of sp³-hybridized carbons (Fsp3) is 0.333. The SMILES string of the molecule is COc1cccc(CN(C(=O)Cc2ccc(F)cc2)C(Cc2ccccc2)C(=O)NC2CCCC2)c1. The first-order valence-corrected chi connectivity index (χ1v) is 12.5. The number of nitrogens with zero attached hydrogens (tertiary/aromatic N) is 1. The van der Waals surface area contributed by atoms with Crippen LogP contribution in [0.25, 0.3) is 0 Å². The molecule has 6 heteroatoms. The minimum atomic E-state index is -0.688. The minimum Gasteiger partial charge on any atom is -0.497 e. The van der Waals surface area contributed by atoms with E-state index in [1.807, 2.05) is 54.6 Å². The van der Waals surface area contributed by atoms with Crippen LogP contribution in [0.2, 0.25) is 0 Å². The van der Waals surface area contributed by atoms with Crippen LogP contribution in [0.3, 0.4) is 0 Å². The van der Waals surface area contributed by atoms with Crippen LogP contribution < -0.4 is 10.1 Å². The van der Waals surface area contributed by atoms with Gasteiger partial charge in [0.05, 0.1) is 13.5 Å². The van der Waals surface area contributed by atoms with E-state index in [2.05, 4.69) is 5.32 Å². The maximum Gasteiger partial charge on any atom is 0.243 e. The number of carbonyl (C=O) groups is 2. The topological polar surface area (TPSA) is 58.6 Å². The van der Waals surface area contributed by atoms with Crippen molar-refractivity contribution in [3.05, 3.63) is 101 Å². The van der Waals surface area contributed by atoms with Gasteiger partial charge in [0, 0.05) is 19.0 Å². The number of methoxy groups -OCH3 is 1. The van der Waals surface area contributed by atoms with E-state index < -0.39 is 6.04 Å². The van der Waals surface area contributed by atoms with Gasteiger partial charge in [-0.05, 0) is 53.8 Å². The molecule has 1 saturated carbocycles. The molecule has 3 aromatic carbocycles. The van der Waals surface area contributed by atoms with Gasteiger partial charge in [-0.1, -0.05) is 67.4 Å². The Kier molecular flexibility index (Phi) is 8.71. The number of nitrogens with one attached hydrogen (secondary N) is 1. The fourth-order valence-electron chi connectivity index (χ4n) is 4.77. The maximum absolute atomic E-state index is 13.8. The summed E-state index contributed by atoms with van der Waals surface area (Å²) in [6, 6.07) is 22.7. The van der Waals surface area contributed by atoms with Gasteiger partial charge in [0.15, 0.2) is 0 Å². The molecule has 0 bridgehead atoms. The van der Waals surface area contributed by atoms with Gasteiger partial charge in [0.2, 0.25) is 11.8 Å². The average Bonchev–Trinajstić information content (AvgIpc) is 3.41. The Morgan fingerprint density at radius 3 is 2.33 bits per heavy atom. The molecule has 2 amide bonds. The summed E-state index contributed by atoms with van der Waals surface area (Å²) in [5.41, 5.74) is 2.55. The Labute approximate surface area is 212 Å². The molecule has 3 aromatic rings. The molecule has 0 aliphatic heterocycles. The third-order valence-corrected chi connectivity index (χ3v) is 6.73. The number of halogens is 1. The molecule has 4 rings (SSSR count). The average molecular weight is 489 g/mol. The van der Waals surface area contributed by atoms with E-state index in [0.29, 0.717) is 17.7 Å². The highest BCUT2D eigenvalue weighted by Gasteiger charge is 2.32. The van der Waals surface area contributed by atoms with Gasteiger partial charge in [0.1, 0.15) is 17.6 Å². The Morgan fingerprint density at radius 2 is 1.64 bits per heavy atom. The second kappa shape index (κ2) is 12.3. The lowest BCUT2D eigenvalue weighted by Crippen LogP contribution is -2.52. The van der Waals surface area contributed by atoms with Gasteiger partial charge >= 0.3 is 0 Å². The molecule has 0 radical (unpaired) electrons. The van der Waals surface area contributed by atoms with Crippen LogP contribution in [-0.4, -0.2) is 35.9 Å². The number of benzene rings is 3. The highest BCUT2D eigenvalue weighted by molar-refractivity contribution is 5.89. The summed E-state index contributed by atoms with van der Waals surface area (Å²) in [5, 5.41) is 3.21. The van der Waals surface area contributed by atoms with Crippen molar-refractivity contribution in [3.8, 4) is 5.75 Å². The maximum atomic E-state index is 13.8. The van der Waals surface area contributed by atoms with Crippen LogP contribution in [-0.2, 0) is 29.0 Å².